The van der Waals surface area contributed by atoms with E-state index in [0.29, 0.717) is 6.54 Å². The average molecular weight is 414 g/mol. The molecule has 1 amide bonds. The molecular formula is C20H19N3O3S2. The Morgan fingerprint density at radius 3 is 3.11 bits per heavy atom. The summed E-state index contributed by atoms with van der Waals surface area (Å²) in [6, 6.07) is 5.72. The number of hydrogen-bond donors (Lipinski definition) is 1. The minimum atomic E-state index is -0.246. The fourth-order valence-corrected chi connectivity index (χ4v) is 5.86. The first-order valence-electron chi connectivity index (χ1n) is 9.27. The number of thiophene rings is 1. The van der Waals surface area contributed by atoms with Gasteiger partial charge in [-0.1, -0.05) is 17.8 Å². The first-order valence-corrected chi connectivity index (χ1v) is 11.0. The Kier molecular flexibility index (Phi) is 4.60. The molecule has 0 spiro atoms. The number of fused-ring (bicyclic) bond motifs is 4. The molecule has 1 N–H and O–H groups in total. The maximum absolute atomic E-state index is 12.6. The van der Waals surface area contributed by atoms with Gasteiger partial charge >= 0.3 is 0 Å². The highest BCUT2D eigenvalue weighted by atomic mass is 32.2. The number of rotatable bonds is 5. The van der Waals surface area contributed by atoms with Crippen LogP contribution in [0.2, 0.25) is 0 Å². The van der Waals surface area contributed by atoms with E-state index >= 15 is 0 Å². The molecule has 1 aliphatic carbocycles. The van der Waals surface area contributed by atoms with Gasteiger partial charge in [-0.2, -0.15) is 0 Å². The molecule has 0 saturated carbocycles. The van der Waals surface area contributed by atoms with Crippen LogP contribution in [0.15, 0.2) is 29.6 Å². The van der Waals surface area contributed by atoms with E-state index in [0.717, 1.165) is 45.1 Å². The van der Waals surface area contributed by atoms with Gasteiger partial charge in [-0.15, -0.1) is 11.3 Å². The van der Waals surface area contributed by atoms with Crippen LogP contribution in [0, 0.1) is 0 Å². The highest BCUT2D eigenvalue weighted by Crippen LogP contribution is 2.40. The number of thioether (sulfide) groups is 1. The lowest BCUT2D eigenvalue weighted by molar-refractivity contribution is -0.120. The second kappa shape index (κ2) is 7.25. The maximum atomic E-state index is 12.6. The third kappa shape index (κ3) is 3.20. The van der Waals surface area contributed by atoms with E-state index in [1.165, 1.54) is 28.6 Å². The Morgan fingerprint density at radius 2 is 2.18 bits per heavy atom. The summed E-state index contributed by atoms with van der Waals surface area (Å²) in [7, 11) is 0. The SMILES string of the molecule is CC(Sc1ncnc2sc3c(c12)CCC3)C(=O)NCc1ccc2c(c1)OCO2. The fourth-order valence-electron chi connectivity index (χ4n) is 3.59. The third-order valence-corrected chi connectivity index (χ3v) is 7.33. The smallest absolute Gasteiger partial charge is 0.233 e. The summed E-state index contributed by atoms with van der Waals surface area (Å²) in [5.41, 5.74) is 2.37. The molecule has 0 radical (unpaired) electrons. The molecule has 0 bridgehead atoms. The van der Waals surface area contributed by atoms with Gasteiger partial charge < -0.3 is 14.8 Å². The van der Waals surface area contributed by atoms with E-state index in [1.807, 2.05) is 25.1 Å². The molecule has 0 saturated heterocycles. The van der Waals surface area contributed by atoms with Crippen molar-refractivity contribution in [1.82, 2.24) is 15.3 Å². The number of ether oxygens (including phenoxy) is 2. The average Bonchev–Trinajstić information content (AvgIpc) is 3.41. The Bertz CT molecular complexity index is 1070. The van der Waals surface area contributed by atoms with Crippen LogP contribution < -0.4 is 14.8 Å². The molecule has 28 heavy (non-hydrogen) atoms. The van der Waals surface area contributed by atoms with Crippen LogP contribution in [0.25, 0.3) is 10.2 Å². The van der Waals surface area contributed by atoms with Crippen molar-refractivity contribution in [2.75, 3.05) is 6.79 Å². The minimum Gasteiger partial charge on any atom is -0.454 e. The molecule has 8 heteroatoms. The number of hydrogen-bond acceptors (Lipinski definition) is 7. The van der Waals surface area contributed by atoms with E-state index in [2.05, 4.69) is 15.3 Å². The predicted octanol–water partition coefficient (Wildman–Crippen LogP) is 3.71. The highest BCUT2D eigenvalue weighted by Gasteiger charge is 2.24. The largest absolute Gasteiger partial charge is 0.454 e. The quantitative estimate of drug-likeness (QED) is 0.508. The fraction of sp³-hybridized carbons (Fsp3) is 0.350. The number of carbonyl (C=O) groups is 1. The van der Waals surface area contributed by atoms with Crippen LogP contribution in [-0.4, -0.2) is 27.9 Å². The Balaban J connectivity index is 1.27. The van der Waals surface area contributed by atoms with Crippen molar-refractivity contribution in [3.63, 3.8) is 0 Å². The van der Waals surface area contributed by atoms with Crippen molar-refractivity contribution in [2.24, 2.45) is 0 Å². The van der Waals surface area contributed by atoms with E-state index in [9.17, 15) is 4.79 Å². The van der Waals surface area contributed by atoms with Crippen molar-refractivity contribution in [2.45, 2.75) is 43.0 Å². The lowest BCUT2D eigenvalue weighted by atomic mass is 10.2. The van der Waals surface area contributed by atoms with Gasteiger partial charge in [0.1, 0.15) is 16.2 Å². The number of nitrogens with one attached hydrogen (secondary N) is 1. The molecule has 1 atom stereocenters. The molecule has 2 aromatic heterocycles. The van der Waals surface area contributed by atoms with Gasteiger partial charge in [-0.05, 0) is 49.4 Å². The van der Waals surface area contributed by atoms with Gasteiger partial charge in [0.2, 0.25) is 12.7 Å². The van der Waals surface area contributed by atoms with Gasteiger partial charge in [-0.25, -0.2) is 9.97 Å². The van der Waals surface area contributed by atoms with E-state index in [-0.39, 0.29) is 18.0 Å². The monoisotopic (exact) mass is 413 g/mol. The number of aromatic nitrogens is 2. The second-order valence-corrected chi connectivity index (χ2v) is 9.29. The molecular weight excluding hydrogens is 394 g/mol. The van der Waals surface area contributed by atoms with Crippen molar-refractivity contribution in [1.29, 1.82) is 0 Å². The summed E-state index contributed by atoms with van der Waals surface area (Å²) >= 11 is 3.27. The Hall–Kier alpha value is -2.32. The van der Waals surface area contributed by atoms with Crippen LogP contribution >= 0.6 is 23.1 Å². The molecule has 6 nitrogen and oxygen atoms in total. The summed E-state index contributed by atoms with van der Waals surface area (Å²) in [5.74, 6) is 1.46. The van der Waals surface area contributed by atoms with Crippen molar-refractivity contribution in [3.05, 3.63) is 40.5 Å². The summed E-state index contributed by atoms with van der Waals surface area (Å²) in [4.78, 5) is 24.0. The highest BCUT2D eigenvalue weighted by molar-refractivity contribution is 8.00. The Morgan fingerprint density at radius 1 is 1.29 bits per heavy atom. The summed E-state index contributed by atoms with van der Waals surface area (Å²) in [6.07, 6.45) is 5.02. The van der Waals surface area contributed by atoms with Crippen LogP contribution in [0.1, 0.15) is 29.3 Å². The predicted molar refractivity (Wildman–Crippen MR) is 109 cm³/mol. The topological polar surface area (TPSA) is 73.3 Å². The van der Waals surface area contributed by atoms with Crippen LogP contribution in [0.5, 0.6) is 11.5 Å². The number of amides is 1. The van der Waals surface area contributed by atoms with Crippen molar-refractivity contribution < 1.29 is 14.3 Å². The first-order chi connectivity index (χ1) is 13.7. The number of benzene rings is 1. The lowest BCUT2D eigenvalue weighted by Crippen LogP contribution is -2.30. The van der Waals surface area contributed by atoms with E-state index in [1.54, 1.807) is 17.7 Å². The zero-order valence-electron chi connectivity index (χ0n) is 15.4. The van der Waals surface area contributed by atoms with Gasteiger partial charge in [0.25, 0.3) is 0 Å². The lowest BCUT2D eigenvalue weighted by Gasteiger charge is -2.12. The summed E-state index contributed by atoms with van der Waals surface area (Å²) in [6.45, 7) is 2.62. The first kappa shape index (κ1) is 17.8. The molecule has 0 fully saturated rings. The van der Waals surface area contributed by atoms with Gasteiger partial charge in [-0.3, -0.25) is 4.79 Å². The van der Waals surface area contributed by atoms with Gasteiger partial charge in [0.15, 0.2) is 11.5 Å². The zero-order chi connectivity index (χ0) is 19.1. The van der Waals surface area contributed by atoms with Crippen molar-refractivity contribution >= 4 is 39.2 Å². The van der Waals surface area contributed by atoms with Crippen LogP contribution in [0.3, 0.4) is 0 Å². The van der Waals surface area contributed by atoms with E-state index in [4.69, 9.17) is 9.47 Å². The molecule has 1 aliphatic heterocycles. The van der Waals surface area contributed by atoms with Gasteiger partial charge in [0.05, 0.1) is 5.25 Å². The Labute approximate surface area is 170 Å². The molecule has 3 aromatic rings. The molecule has 1 unspecified atom stereocenters. The third-order valence-electron chi connectivity index (χ3n) is 5.03. The maximum Gasteiger partial charge on any atom is 0.233 e. The zero-order valence-corrected chi connectivity index (χ0v) is 17.0. The van der Waals surface area contributed by atoms with Crippen LogP contribution in [0.4, 0.5) is 0 Å². The van der Waals surface area contributed by atoms with Crippen molar-refractivity contribution in [3.8, 4) is 11.5 Å². The van der Waals surface area contributed by atoms with E-state index < -0.39 is 0 Å². The second-order valence-electron chi connectivity index (χ2n) is 6.88. The number of aryl methyl sites for hydroxylation is 2. The normalized spacial score (nSPS) is 15.6. The van der Waals surface area contributed by atoms with Crippen LogP contribution in [-0.2, 0) is 24.2 Å². The molecule has 3 heterocycles. The number of carbonyl (C=O) groups excluding carboxylic acids is 1. The summed E-state index contributed by atoms with van der Waals surface area (Å²) in [5, 5.41) is 4.83. The van der Waals surface area contributed by atoms with Gasteiger partial charge in [0, 0.05) is 16.8 Å². The molecule has 2 aliphatic rings. The standard InChI is InChI=1S/C20H19N3O3S2/c1-11(18(24)21-8-12-5-6-14-15(7-12)26-10-25-14)27-19-17-13-3-2-4-16(13)28-20(17)23-9-22-19/h5-7,9,11H,2-4,8,10H2,1H3,(H,21,24). The summed E-state index contributed by atoms with van der Waals surface area (Å²) < 4.78 is 10.7. The minimum absolute atomic E-state index is 0.0127. The molecule has 144 valence electrons. The molecule has 5 rings (SSSR count). The number of nitrogens with zero attached hydrogens (tertiary/aromatic N) is 2. The molecule has 1 aromatic carbocycles.